The highest BCUT2D eigenvalue weighted by Gasteiger charge is 2.01. The van der Waals surface area contributed by atoms with Crippen molar-refractivity contribution in [3.8, 4) is 0 Å². The number of hydrogen-bond donors (Lipinski definition) is 0. The fraction of sp³-hybridized carbons (Fsp3) is 0.636. The van der Waals surface area contributed by atoms with Crippen LogP contribution in [-0.4, -0.2) is 66.1 Å². The molecule has 27 heavy (non-hydrogen) atoms. The summed E-state index contributed by atoms with van der Waals surface area (Å²) >= 11 is 0. The number of ether oxygens (including phenoxy) is 5. The summed E-state index contributed by atoms with van der Waals surface area (Å²) in [7, 11) is 0. The van der Waals surface area contributed by atoms with Gasteiger partial charge in [0.25, 0.3) is 0 Å². The first kappa shape index (κ1) is 22.1. The maximum atomic E-state index is 5.62. The molecule has 0 N–H and O–H groups in total. The lowest BCUT2D eigenvalue weighted by molar-refractivity contribution is -0.0112. The highest BCUT2D eigenvalue weighted by Crippen LogP contribution is 2.19. The van der Waals surface area contributed by atoms with E-state index in [1.54, 1.807) is 0 Å². The fourth-order valence-corrected chi connectivity index (χ4v) is 2.80. The van der Waals surface area contributed by atoms with E-state index in [0.29, 0.717) is 52.9 Å². The summed E-state index contributed by atoms with van der Waals surface area (Å²) in [5, 5.41) is 0. The van der Waals surface area contributed by atoms with Gasteiger partial charge in [0.05, 0.1) is 52.9 Å². The molecule has 1 aromatic rings. The summed E-state index contributed by atoms with van der Waals surface area (Å²) in [6, 6.07) is 8.72. The van der Waals surface area contributed by atoms with Crippen molar-refractivity contribution < 1.29 is 23.7 Å². The van der Waals surface area contributed by atoms with Gasteiger partial charge in [-0.15, -0.1) is 0 Å². The van der Waals surface area contributed by atoms with Crippen molar-refractivity contribution in [2.75, 3.05) is 66.1 Å². The van der Waals surface area contributed by atoms with Crippen LogP contribution in [0.4, 0.5) is 0 Å². The first-order chi connectivity index (χ1) is 13.4. The molecule has 2 aliphatic heterocycles. The van der Waals surface area contributed by atoms with Crippen LogP contribution >= 0.6 is 0 Å². The van der Waals surface area contributed by atoms with Gasteiger partial charge < -0.3 is 23.7 Å². The maximum Gasteiger partial charge on any atom is 0.0701 e. The van der Waals surface area contributed by atoms with Crippen LogP contribution in [0.5, 0.6) is 0 Å². The zero-order chi connectivity index (χ0) is 19.0. The van der Waals surface area contributed by atoms with E-state index in [1.165, 1.54) is 11.1 Å². The summed E-state index contributed by atoms with van der Waals surface area (Å²) in [5.41, 5.74) is 3.71. The Balaban J connectivity index is 1.72. The van der Waals surface area contributed by atoms with Crippen molar-refractivity contribution in [3.05, 3.63) is 42.0 Å². The molecule has 0 atom stereocenters. The van der Waals surface area contributed by atoms with E-state index in [4.69, 9.17) is 23.7 Å². The molecule has 0 saturated carbocycles. The average molecular weight is 379 g/mol. The molecule has 5 heteroatoms. The second-order valence-electron chi connectivity index (χ2n) is 6.57. The highest BCUT2D eigenvalue weighted by molar-refractivity contribution is 5.63. The molecule has 0 saturated heterocycles. The lowest BCUT2D eigenvalue weighted by Gasteiger charge is -2.10. The Bertz CT molecular complexity index is 500. The molecule has 0 spiro atoms. The van der Waals surface area contributed by atoms with Crippen molar-refractivity contribution >= 4 is 5.57 Å². The Morgan fingerprint density at radius 3 is 1.41 bits per heavy atom. The SMILES string of the molecule is C=C1CCCOCCOCCOCCOCCOCCCc2ccc1cc2. The third-order valence-electron chi connectivity index (χ3n) is 4.37. The number of fused-ring (bicyclic) bond motifs is 21. The van der Waals surface area contributed by atoms with Crippen LogP contribution in [0.2, 0.25) is 0 Å². The third-order valence-corrected chi connectivity index (χ3v) is 4.37. The second-order valence-corrected chi connectivity index (χ2v) is 6.57. The van der Waals surface area contributed by atoms with Gasteiger partial charge in [0.15, 0.2) is 0 Å². The van der Waals surface area contributed by atoms with Gasteiger partial charge >= 0.3 is 0 Å². The molecule has 0 amide bonds. The van der Waals surface area contributed by atoms with Gasteiger partial charge in [-0.2, -0.15) is 0 Å². The first-order valence-electron chi connectivity index (χ1n) is 10.0. The summed E-state index contributed by atoms with van der Waals surface area (Å²) < 4.78 is 27.6. The summed E-state index contributed by atoms with van der Waals surface area (Å²) in [4.78, 5) is 0. The number of hydrogen-bond acceptors (Lipinski definition) is 5. The lowest BCUT2D eigenvalue weighted by atomic mass is 10.0. The van der Waals surface area contributed by atoms with Crippen molar-refractivity contribution in [3.63, 3.8) is 0 Å². The van der Waals surface area contributed by atoms with Crippen LogP contribution in [-0.2, 0) is 30.1 Å². The molecular formula is C22H34O5. The molecule has 0 aliphatic carbocycles. The monoisotopic (exact) mass is 378 g/mol. The van der Waals surface area contributed by atoms with E-state index in [1.807, 2.05) is 0 Å². The van der Waals surface area contributed by atoms with Crippen LogP contribution in [0, 0.1) is 0 Å². The van der Waals surface area contributed by atoms with Gasteiger partial charge in [-0.3, -0.25) is 0 Å². The Labute approximate surface area is 163 Å². The van der Waals surface area contributed by atoms with Gasteiger partial charge in [0.1, 0.15) is 0 Å². The average Bonchev–Trinajstić information content (AvgIpc) is 2.69. The fourth-order valence-electron chi connectivity index (χ4n) is 2.80. The minimum absolute atomic E-state index is 0.582. The molecular weight excluding hydrogens is 344 g/mol. The molecule has 3 rings (SSSR count). The van der Waals surface area contributed by atoms with Crippen LogP contribution in [0.25, 0.3) is 5.57 Å². The Kier molecular flexibility index (Phi) is 12.1. The zero-order valence-corrected chi connectivity index (χ0v) is 16.5. The number of rotatable bonds is 0. The van der Waals surface area contributed by atoms with Gasteiger partial charge in [-0.25, -0.2) is 0 Å². The van der Waals surface area contributed by atoms with Crippen molar-refractivity contribution in [2.24, 2.45) is 0 Å². The Morgan fingerprint density at radius 2 is 0.926 bits per heavy atom. The van der Waals surface area contributed by atoms with Crippen molar-refractivity contribution in [2.45, 2.75) is 25.7 Å². The van der Waals surface area contributed by atoms with Gasteiger partial charge in [-0.05, 0) is 42.4 Å². The Morgan fingerprint density at radius 1 is 0.519 bits per heavy atom. The van der Waals surface area contributed by atoms with E-state index in [9.17, 15) is 0 Å². The van der Waals surface area contributed by atoms with Crippen LogP contribution in [0.3, 0.4) is 0 Å². The Hall–Kier alpha value is -1.24. The molecule has 152 valence electrons. The lowest BCUT2D eigenvalue weighted by Crippen LogP contribution is -2.13. The molecule has 0 fully saturated rings. The normalized spacial score (nSPS) is 20.8. The predicted molar refractivity (Wildman–Crippen MR) is 107 cm³/mol. The van der Waals surface area contributed by atoms with Crippen LogP contribution in [0.1, 0.15) is 30.4 Å². The molecule has 2 heterocycles. The summed E-state index contributed by atoms with van der Waals surface area (Å²) in [6.07, 6.45) is 3.96. The minimum Gasteiger partial charge on any atom is -0.379 e. The standard InChI is InChI=1S/C22H34O5/c1-20-4-2-10-23-12-14-25-16-18-27-19-17-26-15-13-24-11-3-5-21-6-8-22(20)9-7-21/h6-9H,1-5,10-19H2. The highest BCUT2D eigenvalue weighted by atomic mass is 16.6. The largest absolute Gasteiger partial charge is 0.379 e. The molecule has 0 radical (unpaired) electrons. The van der Waals surface area contributed by atoms with Gasteiger partial charge in [0, 0.05) is 13.2 Å². The van der Waals surface area contributed by atoms with E-state index in [-0.39, 0.29) is 0 Å². The van der Waals surface area contributed by atoms with E-state index >= 15 is 0 Å². The van der Waals surface area contributed by atoms with E-state index < -0.39 is 0 Å². The topological polar surface area (TPSA) is 46.2 Å². The molecule has 0 unspecified atom stereocenters. The summed E-state index contributed by atoms with van der Waals surface area (Å²) in [6.45, 7) is 10.5. The predicted octanol–water partition coefficient (Wildman–Crippen LogP) is 3.51. The summed E-state index contributed by atoms with van der Waals surface area (Å²) in [5.74, 6) is 0. The van der Waals surface area contributed by atoms with Gasteiger partial charge in [0.2, 0.25) is 0 Å². The van der Waals surface area contributed by atoms with E-state index in [2.05, 4.69) is 30.8 Å². The number of aryl methyl sites for hydroxylation is 1. The van der Waals surface area contributed by atoms with Crippen LogP contribution in [0.15, 0.2) is 30.8 Å². The van der Waals surface area contributed by atoms with E-state index in [0.717, 1.165) is 44.5 Å². The quantitative estimate of drug-likeness (QED) is 0.647. The molecule has 2 aliphatic rings. The molecule has 1 aromatic carbocycles. The number of allylic oxidation sites excluding steroid dienone is 1. The second kappa shape index (κ2) is 14.8. The maximum absolute atomic E-state index is 5.62. The number of benzene rings is 1. The van der Waals surface area contributed by atoms with Crippen LogP contribution < -0.4 is 0 Å². The molecule has 5 nitrogen and oxygen atoms in total. The van der Waals surface area contributed by atoms with Crippen molar-refractivity contribution in [1.82, 2.24) is 0 Å². The zero-order valence-electron chi connectivity index (χ0n) is 16.5. The first-order valence-corrected chi connectivity index (χ1v) is 10.0. The van der Waals surface area contributed by atoms with Crippen molar-refractivity contribution in [1.29, 1.82) is 0 Å². The molecule has 0 aromatic heterocycles. The smallest absolute Gasteiger partial charge is 0.0701 e. The minimum atomic E-state index is 0.582. The van der Waals surface area contributed by atoms with Gasteiger partial charge in [-0.1, -0.05) is 30.8 Å². The molecule has 2 bridgehead atoms. The third kappa shape index (κ3) is 10.6.